The summed E-state index contributed by atoms with van der Waals surface area (Å²) in [6.45, 7) is 3.98. The van der Waals surface area contributed by atoms with Crippen molar-refractivity contribution in [2.45, 2.75) is 39.2 Å². The topological polar surface area (TPSA) is 84.3 Å². The number of urea groups is 1. The summed E-state index contributed by atoms with van der Waals surface area (Å²) < 4.78 is 7.88. The Hall–Kier alpha value is -3.55. The van der Waals surface area contributed by atoms with Gasteiger partial charge >= 0.3 is 6.03 Å². The lowest BCUT2D eigenvalue weighted by molar-refractivity contribution is 0.251. The van der Waals surface area contributed by atoms with Crippen LogP contribution in [0.1, 0.15) is 32.6 Å². The van der Waals surface area contributed by atoms with E-state index in [2.05, 4.69) is 27.9 Å². The first-order chi connectivity index (χ1) is 16.1. The standard InChI is InChI=1S/C25H34N6O2/c1-4-5-9-16-26-25(32)27-24-22(30(2)3)14-10-15-23(24)33-18-11-17-31-19-21(28-29-31)20-12-7-6-8-13-20/h6-8,10,12-15,19H,4-5,9,11,16-18H2,1-3H3,(H2,26,27,32). The minimum Gasteiger partial charge on any atom is -0.491 e. The second kappa shape index (κ2) is 12.5. The third kappa shape index (κ3) is 7.24. The van der Waals surface area contributed by atoms with Gasteiger partial charge in [-0.15, -0.1) is 5.10 Å². The normalized spacial score (nSPS) is 10.6. The van der Waals surface area contributed by atoms with Gasteiger partial charge in [0.25, 0.3) is 0 Å². The average Bonchev–Trinajstić information content (AvgIpc) is 3.30. The number of rotatable bonds is 12. The van der Waals surface area contributed by atoms with E-state index in [0.717, 1.165) is 42.6 Å². The van der Waals surface area contributed by atoms with Gasteiger partial charge in [-0.25, -0.2) is 4.79 Å². The van der Waals surface area contributed by atoms with Crippen molar-refractivity contribution in [3.63, 3.8) is 0 Å². The number of aryl methyl sites for hydroxylation is 1. The summed E-state index contributed by atoms with van der Waals surface area (Å²) in [4.78, 5) is 14.4. The highest BCUT2D eigenvalue weighted by Crippen LogP contribution is 2.34. The van der Waals surface area contributed by atoms with Crippen molar-refractivity contribution < 1.29 is 9.53 Å². The van der Waals surface area contributed by atoms with Crippen LogP contribution in [0.3, 0.4) is 0 Å². The Morgan fingerprint density at radius 3 is 2.64 bits per heavy atom. The zero-order valence-corrected chi connectivity index (χ0v) is 19.8. The summed E-state index contributed by atoms with van der Waals surface area (Å²) in [6, 6.07) is 15.5. The molecule has 0 unspecified atom stereocenters. The van der Waals surface area contributed by atoms with E-state index in [1.807, 2.05) is 78.4 Å². The van der Waals surface area contributed by atoms with Gasteiger partial charge in [0.05, 0.1) is 18.5 Å². The molecule has 8 nitrogen and oxygen atoms in total. The van der Waals surface area contributed by atoms with Gasteiger partial charge in [-0.1, -0.05) is 61.4 Å². The first kappa shape index (κ1) is 24.1. The highest BCUT2D eigenvalue weighted by molar-refractivity contribution is 5.95. The number of nitrogens with one attached hydrogen (secondary N) is 2. The third-order valence-corrected chi connectivity index (χ3v) is 5.19. The molecule has 2 aromatic carbocycles. The Kier molecular flexibility index (Phi) is 9.11. The fourth-order valence-corrected chi connectivity index (χ4v) is 3.43. The van der Waals surface area contributed by atoms with E-state index in [1.54, 1.807) is 0 Å². The predicted octanol–water partition coefficient (Wildman–Crippen LogP) is 4.79. The van der Waals surface area contributed by atoms with Crippen LogP contribution in [0.5, 0.6) is 5.75 Å². The summed E-state index contributed by atoms with van der Waals surface area (Å²) >= 11 is 0. The van der Waals surface area contributed by atoms with Crippen molar-refractivity contribution in [2.75, 3.05) is 37.5 Å². The van der Waals surface area contributed by atoms with E-state index in [9.17, 15) is 4.79 Å². The molecule has 0 aliphatic carbocycles. The number of ether oxygens (including phenoxy) is 1. The van der Waals surface area contributed by atoms with E-state index in [1.165, 1.54) is 0 Å². The van der Waals surface area contributed by atoms with E-state index in [4.69, 9.17) is 4.74 Å². The van der Waals surface area contributed by atoms with Crippen molar-refractivity contribution in [2.24, 2.45) is 0 Å². The highest BCUT2D eigenvalue weighted by Gasteiger charge is 2.14. The van der Waals surface area contributed by atoms with Gasteiger partial charge in [-0.3, -0.25) is 4.68 Å². The lowest BCUT2D eigenvalue weighted by Crippen LogP contribution is -2.30. The van der Waals surface area contributed by atoms with Crippen LogP contribution < -0.4 is 20.3 Å². The first-order valence-corrected chi connectivity index (χ1v) is 11.5. The van der Waals surface area contributed by atoms with Crippen molar-refractivity contribution in [3.8, 4) is 17.0 Å². The molecule has 3 aromatic rings. The van der Waals surface area contributed by atoms with Crippen LogP contribution in [0.4, 0.5) is 16.2 Å². The van der Waals surface area contributed by atoms with E-state index in [0.29, 0.717) is 31.1 Å². The summed E-state index contributed by atoms with van der Waals surface area (Å²) in [5.41, 5.74) is 3.46. The number of aromatic nitrogens is 3. The number of unbranched alkanes of at least 4 members (excludes halogenated alkanes) is 2. The van der Waals surface area contributed by atoms with Crippen LogP contribution in [0.2, 0.25) is 0 Å². The molecular formula is C25H34N6O2. The summed E-state index contributed by atoms with van der Waals surface area (Å²) in [5.74, 6) is 0.647. The number of carbonyl (C=O) groups is 1. The van der Waals surface area contributed by atoms with E-state index < -0.39 is 0 Å². The fraction of sp³-hybridized carbons (Fsp3) is 0.400. The molecule has 0 fully saturated rings. The fourth-order valence-electron chi connectivity index (χ4n) is 3.43. The van der Waals surface area contributed by atoms with Gasteiger partial charge in [-0.05, 0) is 18.6 Å². The smallest absolute Gasteiger partial charge is 0.319 e. The molecular weight excluding hydrogens is 416 g/mol. The Morgan fingerprint density at radius 1 is 1.06 bits per heavy atom. The molecule has 0 saturated heterocycles. The molecule has 0 radical (unpaired) electrons. The lowest BCUT2D eigenvalue weighted by Gasteiger charge is -2.21. The number of nitrogens with zero attached hydrogens (tertiary/aromatic N) is 4. The van der Waals surface area contributed by atoms with Gasteiger partial charge in [-0.2, -0.15) is 0 Å². The van der Waals surface area contributed by atoms with E-state index in [-0.39, 0.29) is 6.03 Å². The van der Waals surface area contributed by atoms with Crippen LogP contribution in [-0.4, -0.2) is 48.3 Å². The van der Waals surface area contributed by atoms with Gasteiger partial charge in [0.15, 0.2) is 0 Å². The molecule has 2 N–H and O–H groups in total. The molecule has 0 aliphatic heterocycles. The molecule has 0 bridgehead atoms. The molecule has 0 spiro atoms. The second-order valence-electron chi connectivity index (χ2n) is 8.07. The van der Waals surface area contributed by atoms with Crippen LogP contribution >= 0.6 is 0 Å². The molecule has 2 amide bonds. The molecule has 1 aromatic heterocycles. The van der Waals surface area contributed by atoms with Crippen molar-refractivity contribution in [3.05, 3.63) is 54.7 Å². The maximum absolute atomic E-state index is 12.4. The van der Waals surface area contributed by atoms with Crippen LogP contribution in [0.25, 0.3) is 11.3 Å². The summed E-state index contributed by atoms with van der Waals surface area (Å²) in [5, 5.41) is 14.4. The van der Waals surface area contributed by atoms with Gasteiger partial charge < -0.3 is 20.3 Å². The molecule has 1 heterocycles. The largest absolute Gasteiger partial charge is 0.491 e. The predicted molar refractivity (Wildman–Crippen MR) is 133 cm³/mol. The maximum atomic E-state index is 12.4. The second-order valence-corrected chi connectivity index (χ2v) is 8.07. The molecule has 33 heavy (non-hydrogen) atoms. The minimum atomic E-state index is -0.221. The molecule has 0 atom stereocenters. The molecule has 3 rings (SSSR count). The zero-order chi connectivity index (χ0) is 23.5. The Bertz CT molecular complexity index is 1000. The summed E-state index contributed by atoms with van der Waals surface area (Å²) in [7, 11) is 3.89. The van der Waals surface area contributed by atoms with Crippen LogP contribution in [-0.2, 0) is 6.54 Å². The van der Waals surface area contributed by atoms with E-state index >= 15 is 0 Å². The zero-order valence-electron chi connectivity index (χ0n) is 19.8. The average molecular weight is 451 g/mol. The van der Waals surface area contributed by atoms with Crippen LogP contribution in [0, 0.1) is 0 Å². The SMILES string of the molecule is CCCCCNC(=O)Nc1c(OCCCn2cc(-c3ccccc3)nn2)cccc1N(C)C. The number of benzene rings is 2. The lowest BCUT2D eigenvalue weighted by atomic mass is 10.2. The molecule has 0 aliphatic rings. The third-order valence-electron chi connectivity index (χ3n) is 5.19. The number of hydrogen-bond acceptors (Lipinski definition) is 5. The Labute approximate surface area is 195 Å². The van der Waals surface area contributed by atoms with Crippen LogP contribution in [0.15, 0.2) is 54.7 Å². The number of amides is 2. The molecule has 0 saturated carbocycles. The number of carbonyl (C=O) groups excluding carboxylic acids is 1. The Balaban J connectivity index is 1.56. The van der Waals surface area contributed by atoms with Gasteiger partial charge in [0, 0.05) is 39.2 Å². The quantitative estimate of drug-likeness (QED) is 0.388. The molecule has 176 valence electrons. The number of anilines is 2. The summed E-state index contributed by atoms with van der Waals surface area (Å²) in [6.07, 6.45) is 5.88. The maximum Gasteiger partial charge on any atom is 0.319 e. The monoisotopic (exact) mass is 450 g/mol. The number of para-hydroxylation sites is 1. The van der Waals surface area contributed by atoms with Crippen molar-refractivity contribution >= 4 is 17.4 Å². The van der Waals surface area contributed by atoms with Crippen molar-refractivity contribution in [1.82, 2.24) is 20.3 Å². The number of hydrogen-bond donors (Lipinski definition) is 2. The highest BCUT2D eigenvalue weighted by atomic mass is 16.5. The van der Waals surface area contributed by atoms with Crippen molar-refractivity contribution in [1.29, 1.82) is 0 Å². The Morgan fingerprint density at radius 2 is 1.88 bits per heavy atom. The van der Waals surface area contributed by atoms with Gasteiger partial charge in [0.1, 0.15) is 17.1 Å². The minimum absolute atomic E-state index is 0.221. The first-order valence-electron chi connectivity index (χ1n) is 11.5. The van der Waals surface area contributed by atoms with Gasteiger partial charge in [0.2, 0.25) is 0 Å². The molecule has 8 heteroatoms.